The van der Waals surface area contributed by atoms with E-state index in [9.17, 15) is 13.2 Å². The summed E-state index contributed by atoms with van der Waals surface area (Å²) in [6.07, 6.45) is 0.673. The van der Waals surface area contributed by atoms with Crippen LogP contribution in [0.3, 0.4) is 0 Å². The Balaban J connectivity index is 1.34. The molecule has 0 amide bonds. The van der Waals surface area contributed by atoms with Gasteiger partial charge in [0.15, 0.2) is 0 Å². The van der Waals surface area contributed by atoms with Gasteiger partial charge in [-0.05, 0) is 61.5 Å². The Morgan fingerprint density at radius 1 is 1.21 bits per heavy atom. The minimum absolute atomic E-state index is 0.0244. The molecule has 0 N–H and O–H groups in total. The molecule has 0 bridgehead atoms. The van der Waals surface area contributed by atoms with E-state index in [0.29, 0.717) is 6.04 Å². The molecule has 2 aliphatic rings. The molecule has 0 spiro atoms. The molecule has 3 heterocycles. The third-order valence-corrected chi connectivity index (χ3v) is 7.66. The summed E-state index contributed by atoms with van der Waals surface area (Å²) in [7, 11) is 2.17. The lowest BCUT2D eigenvalue weighted by atomic mass is 10.1. The van der Waals surface area contributed by atoms with Gasteiger partial charge in [0.2, 0.25) is 0 Å². The second-order valence-corrected chi connectivity index (χ2v) is 10.3. The Hall–Kier alpha value is -2.00. The van der Waals surface area contributed by atoms with Crippen molar-refractivity contribution in [1.82, 2.24) is 19.6 Å². The van der Waals surface area contributed by atoms with Gasteiger partial charge in [-0.1, -0.05) is 23.7 Å². The first kappa shape index (κ1) is 22.8. The normalized spacial score (nSPS) is 21.6. The summed E-state index contributed by atoms with van der Waals surface area (Å²) >= 11 is 7.69. The molecule has 2 aromatic carbocycles. The van der Waals surface area contributed by atoms with Crippen molar-refractivity contribution in [2.75, 3.05) is 32.6 Å². The molecule has 33 heavy (non-hydrogen) atoms. The van der Waals surface area contributed by atoms with Gasteiger partial charge in [0, 0.05) is 40.3 Å². The standard InChI is InChI=1S/C24H24ClF3N4S/c1-30-7-6-20(13-30)31-14-21(33-15-31)9-16-2-5-23-18(8-16)11-29-32(23)12-17-3-4-19(25)10-22(17)24(26,27)28/h2-5,8-11,20H,6-7,12-15H2,1H3/b21-9-/t20-/m1/s1. The van der Waals surface area contributed by atoms with Gasteiger partial charge < -0.3 is 4.90 Å². The molecule has 0 unspecified atom stereocenters. The third kappa shape index (κ3) is 4.94. The van der Waals surface area contributed by atoms with E-state index in [-0.39, 0.29) is 17.1 Å². The molecule has 9 heteroatoms. The van der Waals surface area contributed by atoms with Gasteiger partial charge in [-0.25, -0.2) is 0 Å². The molecule has 0 saturated carbocycles. The topological polar surface area (TPSA) is 24.3 Å². The van der Waals surface area contributed by atoms with Crippen LogP contribution in [0.1, 0.15) is 23.1 Å². The van der Waals surface area contributed by atoms with Crippen LogP contribution < -0.4 is 0 Å². The molecule has 3 aromatic rings. The summed E-state index contributed by atoms with van der Waals surface area (Å²) in [4.78, 5) is 6.26. The highest BCUT2D eigenvalue weighted by molar-refractivity contribution is 8.03. The zero-order valence-corrected chi connectivity index (χ0v) is 19.7. The highest BCUT2D eigenvalue weighted by Gasteiger charge is 2.34. The SMILES string of the molecule is CN1CC[C@@H](N2CS/C(=C\c3ccc4c(cnn4Cc4ccc(Cl)cc4C(F)(F)F)c3)C2)C1. The van der Waals surface area contributed by atoms with Gasteiger partial charge in [-0.15, -0.1) is 11.8 Å². The number of halogens is 4. The minimum Gasteiger partial charge on any atom is -0.305 e. The molecule has 2 fully saturated rings. The Bertz CT molecular complexity index is 1210. The minimum atomic E-state index is -4.47. The number of likely N-dealkylation sites (tertiary alicyclic amines) is 1. The second kappa shape index (κ2) is 8.98. The number of alkyl halides is 3. The van der Waals surface area contributed by atoms with Gasteiger partial charge >= 0.3 is 6.18 Å². The number of likely N-dealkylation sites (N-methyl/N-ethyl adjacent to an activating group) is 1. The van der Waals surface area contributed by atoms with Crippen molar-refractivity contribution >= 4 is 40.3 Å². The second-order valence-electron chi connectivity index (χ2n) is 8.76. The van der Waals surface area contributed by atoms with E-state index in [4.69, 9.17) is 11.6 Å². The smallest absolute Gasteiger partial charge is 0.305 e. The Labute approximate surface area is 200 Å². The number of rotatable bonds is 4. The molecule has 2 aliphatic heterocycles. The number of hydrogen-bond donors (Lipinski definition) is 0. The van der Waals surface area contributed by atoms with Gasteiger partial charge in [-0.2, -0.15) is 18.3 Å². The summed E-state index contributed by atoms with van der Waals surface area (Å²) in [5.41, 5.74) is 1.30. The predicted molar refractivity (Wildman–Crippen MR) is 128 cm³/mol. The molecule has 2 saturated heterocycles. The van der Waals surface area contributed by atoms with Crippen LogP contribution in [-0.2, 0) is 12.7 Å². The average Bonchev–Trinajstić information content (AvgIpc) is 3.49. The number of hydrogen-bond acceptors (Lipinski definition) is 4. The fraction of sp³-hybridized carbons (Fsp3) is 0.375. The van der Waals surface area contributed by atoms with Crippen LogP contribution in [0, 0.1) is 0 Å². The number of fused-ring (bicyclic) bond motifs is 1. The highest BCUT2D eigenvalue weighted by atomic mass is 35.5. The van der Waals surface area contributed by atoms with Gasteiger partial charge in [-0.3, -0.25) is 9.58 Å². The zero-order valence-electron chi connectivity index (χ0n) is 18.1. The van der Waals surface area contributed by atoms with E-state index in [0.717, 1.165) is 48.0 Å². The van der Waals surface area contributed by atoms with E-state index < -0.39 is 11.7 Å². The van der Waals surface area contributed by atoms with E-state index >= 15 is 0 Å². The van der Waals surface area contributed by atoms with Crippen molar-refractivity contribution < 1.29 is 13.2 Å². The molecule has 0 radical (unpaired) electrons. The van der Waals surface area contributed by atoms with Crippen molar-refractivity contribution in [3.8, 4) is 0 Å². The molecule has 174 valence electrons. The summed E-state index contributed by atoms with van der Waals surface area (Å²) in [5.74, 6) is 1.02. The van der Waals surface area contributed by atoms with E-state index in [1.54, 1.807) is 10.9 Å². The predicted octanol–water partition coefficient (Wildman–Crippen LogP) is 5.81. The summed E-state index contributed by atoms with van der Waals surface area (Å²) < 4.78 is 42.0. The average molecular weight is 493 g/mol. The van der Waals surface area contributed by atoms with Gasteiger partial charge in [0.25, 0.3) is 0 Å². The van der Waals surface area contributed by atoms with Crippen molar-refractivity contribution in [3.05, 3.63) is 69.2 Å². The lowest BCUT2D eigenvalue weighted by Crippen LogP contribution is -2.34. The first-order valence-corrected chi connectivity index (χ1v) is 12.2. The Kier molecular flexibility index (Phi) is 6.20. The number of nitrogens with zero attached hydrogens (tertiary/aromatic N) is 4. The number of benzene rings is 2. The molecule has 1 atom stereocenters. The quantitative estimate of drug-likeness (QED) is 0.459. The first-order chi connectivity index (χ1) is 15.8. The third-order valence-electron chi connectivity index (χ3n) is 6.35. The summed E-state index contributed by atoms with van der Waals surface area (Å²) in [6, 6.07) is 10.5. The van der Waals surface area contributed by atoms with Crippen LogP contribution in [0.5, 0.6) is 0 Å². The van der Waals surface area contributed by atoms with Crippen LogP contribution in [0.25, 0.3) is 17.0 Å². The van der Waals surface area contributed by atoms with Crippen molar-refractivity contribution in [3.63, 3.8) is 0 Å². The first-order valence-electron chi connectivity index (χ1n) is 10.8. The monoisotopic (exact) mass is 492 g/mol. The number of aromatic nitrogens is 2. The van der Waals surface area contributed by atoms with E-state index in [1.165, 1.54) is 23.5 Å². The van der Waals surface area contributed by atoms with Crippen LogP contribution >= 0.6 is 23.4 Å². The van der Waals surface area contributed by atoms with Crippen LogP contribution in [0.4, 0.5) is 13.2 Å². The molecular formula is C24H24ClF3N4S. The van der Waals surface area contributed by atoms with Crippen LogP contribution in [0.2, 0.25) is 5.02 Å². The maximum Gasteiger partial charge on any atom is 0.416 e. The Morgan fingerprint density at radius 3 is 2.82 bits per heavy atom. The lowest BCUT2D eigenvalue weighted by Gasteiger charge is -2.21. The summed E-state index contributed by atoms with van der Waals surface area (Å²) in [6.45, 7) is 3.28. The molecule has 1 aromatic heterocycles. The Morgan fingerprint density at radius 2 is 2.06 bits per heavy atom. The van der Waals surface area contributed by atoms with Gasteiger partial charge in [0.05, 0.1) is 23.8 Å². The maximum atomic E-state index is 13.5. The van der Waals surface area contributed by atoms with Crippen LogP contribution in [-0.4, -0.2) is 58.2 Å². The van der Waals surface area contributed by atoms with Gasteiger partial charge in [0.1, 0.15) is 0 Å². The number of thioether (sulfide) groups is 1. The zero-order chi connectivity index (χ0) is 23.2. The molecule has 5 rings (SSSR count). The van der Waals surface area contributed by atoms with E-state index in [2.05, 4.69) is 28.0 Å². The van der Waals surface area contributed by atoms with Crippen molar-refractivity contribution in [2.45, 2.75) is 25.2 Å². The van der Waals surface area contributed by atoms with Crippen molar-refractivity contribution in [2.24, 2.45) is 0 Å². The molecule has 0 aliphatic carbocycles. The highest BCUT2D eigenvalue weighted by Crippen LogP contribution is 2.35. The fourth-order valence-corrected chi connectivity index (χ4v) is 5.89. The van der Waals surface area contributed by atoms with Crippen LogP contribution in [0.15, 0.2) is 47.5 Å². The summed E-state index contributed by atoms with van der Waals surface area (Å²) in [5, 5.41) is 5.33. The van der Waals surface area contributed by atoms with Crippen molar-refractivity contribution in [1.29, 1.82) is 0 Å². The lowest BCUT2D eigenvalue weighted by molar-refractivity contribution is -0.138. The molecule has 4 nitrogen and oxygen atoms in total. The van der Waals surface area contributed by atoms with E-state index in [1.807, 2.05) is 30.0 Å². The fourth-order valence-electron chi connectivity index (χ4n) is 4.61. The largest absolute Gasteiger partial charge is 0.416 e. The maximum absolute atomic E-state index is 13.5. The molecular weight excluding hydrogens is 469 g/mol.